The molecular weight excluding hydrogens is 282 g/mol. The summed E-state index contributed by atoms with van der Waals surface area (Å²) in [6.07, 6.45) is 3.85. The minimum Gasteiger partial charge on any atom is -0.481 e. The molecule has 0 fully saturated rings. The molecule has 21 heavy (non-hydrogen) atoms. The van der Waals surface area contributed by atoms with Gasteiger partial charge in [0.25, 0.3) is 0 Å². The monoisotopic (exact) mass is 301 g/mol. The molecule has 0 aliphatic carbocycles. The van der Waals surface area contributed by atoms with Crippen LogP contribution in [-0.4, -0.2) is 13.6 Å². The molecule has 0 saturated carbocycles. The molecule has 2 aromatic heterocycles. The first-order valence-electron chi connectivity index (χ1n) is 7.19. The van der Waals surface area contributed by atoms with Crippen LogP contribution in [0, 0.1) is 0 Å². The second-order valence-corrected chi connectivity index (χ2v) is 5.94. The fourth-order valence-electron chi connectivity index (χ4n) is 2.41. The number of thiophene rings is 1. The number of hydrogen-bond donors (Lipinski definition) is 1. The molecular formula is C17H19NO2S. The number of furan rings is 1. The number of hydrogen-bond acceptors (Lipinski definition) is 4. The van der Waals surface area contributed by atoms with Gasteiger partial charge in [-0.15, -0.1) is 11.3 Å². The largest absolute Gasteiger partial charge is 0.481 e. The SMILES string of the molecule is CNCCC[C@H](Oc1cccc2ccoc12)c1cccs1. The van der Waals surface area contributed by atoms with Crippen LogP contribution in [0.2, 0.25) is 0 Å². The Morgan fingerprint density at radius 2 is 2.19 bits per heavy atom. The van der Waals surface area contributed by atoms with Crippen molar-refractivity contribution >= 4 is 22.3 Å². The lowest BCUT2D eigenvalue weighted by Gasteiger charge is -2.18. The summed E-state index contributed by atoms with van der Waals surface area (Å²) in [5, 5.41) is 6.36. The first kappa shape index (κ1) is 14.2. The highest BCUT2D eigenvalue weighted by atomic mass is 32.1. The van der Waals surface area contributed by atoms with E-state index < -0.39 is 0 Å². The molecule has 0 radical (unpaired) electrons. The van der Waals surface area contributed by atoms with Gasteiger partial charge in [0.1, 0.15) is 6.10 Å². The summed E-state index contributed by atoms with van der Waals surface area (Å²) < 4.78 is 11.8. The van der Waals surface area contributed by atoms with Crippen molar-refractivity contribution in [3.63, 3.8) is 0 Å². The maximum atomic E-state index is 6.27. The zero-order valence-corrected chi connectivity index (χ0v) is 12.9. The van der Waals surface area contributed by atoms with Gasteiger partial charge in [-0.25, -0.2) is 0 Å². The van der Waals surface area contributed by atoms with Crippen LogP contribution in [0.3, 0.4) is 0 Å². The molecule has 2 heterocycles. The number of benzene rings is 1. The fraction of sp³-hybridized carbons (Fsp3) is 0.294. The van der Waals surface area contributed by atoms with Gasteiger partial charge in [0.05, 0.1) is 6.26 Å². The van der Waals surface area contributed by atoms with Crippen LogP contribution in [0.25, 0.3) is 11.0 Å². The van der Waals surface area contributed by atoms with Crippen molar-refractivity contribution in [3.8, 4) is 5.75 Å². The van der Waals surface area contributed by atoms with Gasteiger partial charge in [-0.3, -0.25) is 0 Å². The van der Waals surface area contributed by atoms with E-state index in [0.717, 1.165) is 36.1 Å². The van der Waals surface area contributed by atoms with E-state index in [1.807, 2.05) is 31.3 Å². The van der Waals surface area contributed by atoms with Crippen molar-refractivity contribution in [2.45, 2.75) is 18.9 Å². The quantitative estimate of drug-likeness (QED) is 0.647. The molecule has 0 unspecified atom stereocenters. The van der Waals surface area contributed by atoms with E-state index >= 15 is 0 Å². The van der Waals surface area contributed by atoms with Gasteiger partial charge in [-0.1, -0.05) is 18.2 Å². The van der Waals surface area contributed by atoms with Crippen molar-refractivity contribution in [3.05, 3.63) is 52.9 Å². The molecule has 0 saturated heterocycles. The zero-order chi connectivity index (χ0) is 14.5. The smallest absolute Gasteiger partial charge is 0.175 e. The van der Waals surface area contributed by atoms with Gasteiger partial charge >= 0.3 is 0 Å². The first-order chi connectivity index (χ1) is 10.4. The lowest BCUT2D eigenvalue weighted by molar-refractivity contribution is 0.196. The number of nitrogens with one attached hydrogen (secondary N) is 1. The average molecular weight is 301 g/mol. The normalized spacial score (nSPS) is 12.6. The Morgan fingerprint density at radius 3 is 3.00 bits per heavy atom. The van der Waals surface area contributed by atoms with E-state index in [-0.39, 0.29) is 6.10 Å². The topological polar surface area (TPSA) is 34.4 Å². The molecule has 0 amide bonds. The zero-order valence-electron chi connectivity index (χ0n) is 12.0. The van der Waals surface area contributed by atoms with Gasteiger partial charge < -0.3 is 14.5 Å². The second kappa shape index (κ2) is 6.78. The highest BCUT2D eigenvalue weighted by Crippen LogP contribution is 2.33. The van der Waals surface area contributed by atoms with E-state index in [4.69, 9.17) is 9.15 Å². The molecule has 0 spiro atoms. The van der Waals surface area contributed by atoms with E-state index in [1.54, 1.807) is 17.6 Å². The summed E-state index contributed by atoms with van der Waals surface area (Å²) in [7, 11) is 1.98. The Morgan fingerprint density at radius 1 is 1.24 bits per heavy atom. The molecule has 0 bridgehead atoms. The predicted octanol–water partition coefficient (Wildman–Crippen LogP) is 4.61. The van der Waals surface area contributed by atoms with E-state index in [9.17, 15) is 0 Å². The van der Waals surface area contributed by atoms with Gasteiger partial charge in [-0.05, 0) is 50.0 Å². The lowest BCUT2D eigenvalue weighted by atomic mass is 10.1. The average Bonchev–Trinajstić information content (AvgIpc) is 3.18. The Kier molecular flexibility index (Phi) is 4.58. The van der Waals surface area contributed by atoms with Crippen LogP contribution in [-0.2, 0) is 0 Å². The Bertz CT molecular complexity index is 675. The molecule has 0 aliphatic heterocycles. The Labute approximate surface area is 128 Å². The summed E-state index contributed by atoms with van der Waals surface area (Å²) in [6.45, 7) is 0.996. The maximum absolute atomic E-state index is 6.27. The number of fused-ring (bicyclic) bond motifs is 1. The summed E-state index contributed by atoms with van der Waals surface area (Å²) >= 11 is 1.74. The highest BCUT2D eigenvalue weighted by Gasteiger charge is 2.16. The number of rotatable bonds is 7. The van der Waals surface area contributed by atoms with Crippen molar-refractivity contribution in [1.29, 1.82) is 0 Å². The van der Waals surface area contributed by atoms with E-state index in [2.05, 4.69) is 22.8 Å². The summed E-state index contributed by atoms with van der Waals surface area (Å²) in [4.78, 5) is 1.26. The molecule has 0 aliphatic rings. The Balaban J connectivity index is 1.82. The molecule has 1 aromatic carbocycles. The molecule has 3 rings (SSSR count). The van der Waals surface area contributed by atoms with E-state index in [0.29, 0.717) is 0 Å². The number of para-hydroxylation sites is 1. The number of ether oxygens (including phenoxy) is 1. The molecule has 1 N–H and O–H groups in total. The molecule has 110 valence electrons. The van der Waals surface area contributed by atoms with Crippen molar-refractivity contribution in [2.24, 2.45) is 0 Å². The van der Waals surface area contributed by atoms with Crippen LogP contribution in [0.1, 0.15) is 23.8 Å². The second-order valence-electron chi connectivity index (χ2n) is 4.96. The van der Waals surface area contributed by atoms with Crippen LogP contribution in [0.15, 0.2) is 52.5 Å². The van der Waals surface area contributed by atoms with Crippen molar-refractivity contribution in [2.75, 3.05) is 13.6 Å². The molecule has 4 heteroatoms. The highest BCUT2D eigenvalue weighted by molar-refractivity contribution is 7.10. The fourth-order valence-corrected chi connectivity index (χ4v) is 3.20. The van der Waals surface area contributed by atoms with Gasteiger partial charge in [0.15, 0.2) is 11.3 Å². The third-order valence-corrected chi connectivity index (χ3v) is 4.43. The lowest BCUT2D eigenvalue weighted by Crippen LogP contribution is -2.12. The van der Waals surface area contributed by atoms with Crippen molar-refractivity contribution < 1.29 is 9.15 Å². The molecule has 3 nitrogen and oxygen atoms in total. The molecule has 1 atom stereocenters. The van der Waals surface area contributed by atoms with Gasteiger partial charge in [0, 0.05) is 10.3 Å². The first-order valence-corrected chi connectivity index (χ1v) is 8.07. The van der Waals surface area contributed by atoms with Crippen LogP contribution in [0.4, 0.5) is 0 Å². The maximum Gasteiger partial charge on any atom is 0.175 e. The minimum absolute atomic E-state index is 0.0778. The Hall–Kier alpha value is -1.78. The standard InChI is InChI=1S/C17H19NO2S/c1-18-10-3-7-14(16-8-4-12-21-16)20-15-6-2-5-13-9-11-19-17(13)15/h2,4-6,8-9,11-12,14,18H,3,7,10H2,1H3/t14-/m0/s1. The van der Waals surface area contributed by atoms with Gasteiger partial charge in [0.2, 0.25) is 0 Å². The third kappa shape index (κ3) is 3.28. The van der Waals surface area contributed by atoms with Crippen LogP contribution >= 0.6 is 11.3 Å². The van der Waals surface area contributed by atoms with Gasteiger partial charge in [-0.2, -0.15) is 0 Å². The predicted molar refractivity (Wildman–Crippen MR) is 87.1 cm³/mol. The summed E-state index contributed by atoms with van der Waals surface area (Å²) in [5.74, 6) is 0.820. The van der Waals surface area contributed by atoms with E-state index in [1.165, 1.54) is 4.88 Å². The summed E-state index contributed by atoms with van der Waals surface area (Å²) in [6, 6.07) is 12.2. The van der Waals surface area contributed by atoms with Crippen LogP contribution < -0.4 is 10.1 Å². The van der Waals surface area contributed by atoms with Crippen molar-refractivity contribution in [1.82, 2.24) is 5.32 Å². The third-order valence-electron chi connectivity index (χ3n) is 3.47. The summed E-state index contributed by atoms with van der Waals surface area (Å²) in [5.41, 5.74) is 0.827. The molecule has 3 aromatic rings. The van der Waals surface area contributed by atoms with Crippen LogP contribution in [0.5, 0.6) is 5.75 Å². The minimum atomic E-state index is 0.0778.